The highest BCUT2D eigenvalue weighted by molar-refractivity contribution is 6.30. The summed E-state index contributed by atoms with van der Waals surface area (Å²) in [5, 5.41) is 8.52. The summed E-state index contributed by atoms with van der Waals surface area (Å²) in [6, 6.07) is 11.5. The lowest BCUT2D eigenvalue weighted by atomic mass is 10.2. The summed E-state index contributed by atoms with van der Waals surface area (Å²) >= 11 is 5.89. The molecular formula is C16H16ClN3O2. The number of benzene rings is 1. The van der Waals surface area contributed by atoms with E-state index < -0.39 is 0 Å². The molecule has 0 saturated heterocycles. The topological polar surface area (TPSA) is 55.3 Å². The summed E-state index contributed by atoms with van der Waals surface area (Å²) in [5.74, 6) is 2.88. The molecule has 0 unspecified atom stereocenters. The molecule has 0 N–H and O–H groups in total. The molecule has 0 spiro atoms. The Labute approximate surface area is 133 Å². The average molecular weight is 318 g/mol. The van der Waals surface area contributed by atoms with Crippen LogP contribution in [0, 0.1) is 6.92 Å². The van der Waals surface area contributed by atoms with Crippen molar-refractivity contribution in [3.63, 3.8) is 0 Å². The molecule has 0 radical (unpaired) electrons. The van der Waals surface area contributed by atoms with E-state index in [0.29, 0.717) is 29.9 Å². The van der Waals surface area contributed by atoms with Gasteiger partial charge < -0.3 is 8.83 Å². The van der Waals surface area contributed by atoms with Crippen molar-refractivity contribution in [1.29, 1.82) is 0 Å². The molecule has 6 heteroatoms. The highest BCUT2D eigenvalue weighted by atomic mass is 35.5. The third-order valence-corrected chi connectivity index (χ3v) is 3.44. The zero-order valence-electron chi connectivity index (χ0n) is 12.4. The molecule has 3 aromatic rings. The molecular weight excluding hydrogens is 302 g/mol. The van der Waals surface area contributed by atoms with Crippen molar-refractivity contribution in [2.45, 2.75) is 20.0 Å². The Kier molecular flexibility index (Phi) is 4.27. The van der Waals surface area contributed by atoms with Crippen LogP contribution in [0.5, 0.6) is 0 Å². The maximum atomic E-state index is 5.89. The first-order chi connectivity index (χ1) is 10.6. The predicted octanol–water partition coefficient (Wildman–Crippen LogP) is 3.92. The van der Waals surface area contributed by atoms with Gasteiger partial charge in [0.15, 0.2) is 0 Å². The van der Waals surface area contributed by atoms with Gasteiger partial charge in [0.2, 0.25) is 11.8 Å². The molecule has 0 amide bonds. The lowest BCUT2D eigenvalue weighted by molar-refractivity contribution is 0.258. The molecule has 22 heavy (non-hydrogen) atoms. The molecule has 114 valence electrons. The van der Waals surface area contributed by atoms with Gasteiger partial charge >= 0.3 is 0 Å². The van der Waals surface area contributed by atoms with Gasteiger partial charge in [0, 0.05) is 17.5 Å². The highest BCUT2D eigenvalue weighted by Crippen LogP contribution is 2.24. The smallest absolute Gasteiger partial charge is 0.230 e. The van der Waals surface area contributed by atoms with E-state index in [1.54, 1.807) is 6.92 Å². The van der Waals surface area contributed by atoms with Crippen molar-refractivity contribution in [3.05, 3.63) is 59.0 Å². The van der Waals surface area contributed by atoms with Crippen LogP contribution in [-0.4, -0.2) is 22.1 Å². The van der Waals surface area contributed by atoms with Crippen molar-refractivity contribution in [1.82, 2.24) is 15.1 Å². The van der Waals surface area contributed by atoms with Crippen LogP contribution in [-0.2, 0) is 13.1 Å². The van der Waals surface area contributed by atoms with Gasteiger partial charge in [-0.2, -0.15) is 0 Å². The Hall–Kier alpha value is -2.11. The number of nitrogens with zero attached hydrogens (tertiary/aromatic N) is 3. The first kappa shape index (κ1) is 14.8. The number of furan rings is 1. The van der Waals surface area contributed by atoms with Crippen LogP contribution in [0.4, 0.5) is 0 Å². The highest BCUT2D eigenvalue weighted by Gasteiger charge is 2.10. The number of aryl methyl sites for hydroxylation is 1. The minimum absolute atomic E-state index is 0.575. The number of hydrogen-bond acceptors (Lipinski definition) is 5. The lowest BCUT2D eigenvalue weighted by Crippen LogP contribution is -2.17. The summed E-state index contributed by atoms with van der Waals surface area (Å²) in [6.45, 7) is 3.02. The molecule has 2 heterocycles. The van der Waals surface area contributed by atoms with Gasteiger partial charge in [-0.05, 0) is 43.4 Å². The quantitative estimate of drug-likeness (QED) is 0.713. The standard InChI is InChI=1S/C16H16ClN3O2/c1-11-18-19-16(21-11)10-20(2)9-14-7-8-15(22-14)12-3-5-13(17)6-4-12/h3-8H,9-10H2,1-2H3. The van der Waals surface area contributed by atoms with Crippen LogP contribution in [0.25, 0.3) is 11.3 Å². The van der Waals surface area contributed by atoms with E-state index in [1.807, 2.05) is 43.4 Å². The Balaban J connectivity index is 1.65. The zero-order chi connectivity index (χ0) is 15.5. The minimum Gasteiger partial charge on any atom is -0.460 e. The molecule has 3 rings (SSSR count). The molecule has 5 nitrogen and oxygen atoms in total. The van der Waals surface area contributed by atoms with Crippen molar-refractivity contribution in [2.24, 2.45) is 0 Å². The molecule has 0 saturated carbocycles. The molecule has 0 bridgehead atoms. The second-order valence-electron chi connectivity index (χ2n) is 5.16. The molecule has 0 aliphatic rings. The summed E-state index contributed by atoms with van der Waals surface area (Å²) in [4.78, 5) is 2.05. The predicted molar refractivity (Wildman–Crippen MR) is 83.4 cm³/mol. The number of aromatic nitrogens is 2. The maximum Gasteiger partial charge on any atom is 0.230 e. The molecule has 1 aromatic carbocycles. The lowest BCUT2D eigenvalue weighted by Gasteiger charge is -2.11. The van der Waals surface area contributed by atoms with Gasteiger partial charge in [-0.25, -0.2) is 0 Å². The number of halogens is 1. The van der Waals surface area contributed by atoms with Gasteiger partial charge in [0.25, 0.3) is 0 Å². The van der Waals surface area contributed by atoms with Crippen LogP contribution < -0.4 is 0 Å². The van der Waals surface area contributed by atoms with E-state index in [9.17, 15) is 0 Å². The fourth-order valence-corrected chi connectivity index (χ4v) is 2.31. The Morgan fingerprint density at radius 2 is 1.77 bits per heavy atom. The normalized spacial score (nSPS) is 11.3. The van der Waals surface area contributed by atoms with Gasteiger partial charge in [-0.3, -0.25) is 4.90 Å². The monoisotopic (exact) mass is 317 g/mol. The number of rotatable bonds is 5. The fraction of sp³-hybridized carbons (Fsp3) is 0.250. The summed E-state index contributed by atoms with van der Waals surface area (Å²) in [7, 11) is 1.98. The molecule has 0 fully saturated rings. The molecule has 2 aromatic heterocycles. The summed E-state index contributed by atoms with van der Waals surface area (Å²) in [6.07, 6.45) is 0. The summed E-state index contributed by atoms with van der Waals surface area (Å²) < 4.78 is 11.2. The SMILES string of the molecule is Cc1nnc(CN(C)Cc2ccc(-c3ccc(Cl)cc3)o2)o1. The number of hydrogen-bond donors (Lipinski definition) is 0. The van der Waals surface area contributed by atoms with Gasteiger partial charge in [-0.1, -0.05) is 11.6 Å². The first-order valence-electron chi connectivity index (χ1n) is 6.92. The Morgan fingerprint density at radius 3 is 2.45 bits per heavy atom. The van der Waals surface area contributed by atoms with E-state index in [-0.39, 0.29) is 0 Å². The second-order valence-corrected chi connectivity index (χ2v) is 5.60. The van der Waals surface area contributed by atoms with E-state index in [4.69, 9.17) is 20.4 Å². The van der Waals surface area contributed by atoms with Gasteiger partial charge in [0.05, 0.1) is 13.1 Å². The van der Waals surface area contributed by atoms with E-state index >= 15 is 0 Å². The van der Waals surface area contributed by atoms with Crippen molar-refractivity contribution < 1.29 is 8.83 Å². The third-order valence-electron chi connectivity index (χ3n) is 3.19. The van der Waals surface area contributed by atoms with Crippen LogP contribution in [0.2, 0.25) is 5.02 Å². The van der Waals surface area contributed by atoms with Crippen molar-refractivity contribution >= 4 is 11.6 Å². The average Bonchev–Trinajstić information content (AvgIpc) is 3.09. The third kappa shape index (κ3) is 3.55. The van der Waals surface area contributed by atoms with Crippen molar-refractivity contribution in [3.8, 4) is 11.3 Å². The van der Waals surface area contributed by atoms with Crippen LogP contribution >= 0.6 is 11.6 Å². The van der Waals surface area contributed by atoms with Crippen LogP contribution in [0.3, 0.4) is 0 Å². The largest absolute Gasteiger partial charge is 0.460 e. The van der Waals surface area contributed by atoms with Crippen LogP contribution in [0.1, 0.15) is 17.5 Å². The van der Waals surface area contributed by atoms with Crippen LogP contribution in [0.15, 0.2) is 45.2 Å². The van der Waals surface area contributed by atoms with E-state index in [0.717, 1.165) is 17.1 Å². The van der Waals surface area contributed by atoms with Crippen molar-refractivity contribution in [2.75, 3.05) is 7.05 Å². The Morgan fingerprint density at radius 1 is 1.00 bits per heavy atom. The molecule has 0 aliphatic heterocycles. The fourth-order valence-electron chi connectivity index (χ4n) is 2.19. The maximum absolute atomic E-state index is 5.89. The molecule has 0 atom stereocenters. The molecule has 0 aliphatic carbocycles. The zero-order valence-corrected chi connectivity index (χ0v) is 13.2. The first-order valence-corrected chi connectivity index (χ1v) is 7.30. The van der Waals surface area contributed by atoms with Gasteiger partial charge in [0.1, 0.15) is 11.5 Å². The van der Waals surface area contributed by atoms with E-state index in [1.165, 1.54) is 0 Å². The van der Waals surface area contributed by atoms with Gasteiger partial charge in [-0.15, -0.1) is 10.2 Å². The second kappa shape index (κ2) is 6.34. The van der Waals surface area contributed by atoms with E-state index in [2.05, 4.69) is 15.1 Å². The minimum atomic E-state index is 0.575. The summed E-state index contributed by atoms with van der Waals surface area (Å²) in [5.41, 5.74) is 1.01. The Bertz CT molecular complexity index is 749.